The second-order valence-electron chi connectivity index (χ2n) is 2.39. The molecule has 0 rings (SSSR count). The second-order valence-corrected chi connectivity index (χ2v) is 2.66. The lowest BCUT2D eigenvalue weighted by molar-refractivity contribution is -0.126. The Balaban J connectivity index is 3.91. The molecule has 5 heteroatoms. The van der Waals surface area contributed by atoms with E-state index in [2.05, 4.69) is 9.99 Å². The van der Waals surface area contributed by atoms with Crippen molar-refractivity contribution < 1.29 is 9.63 Å². The van der Waals surface area contributed by atoms with Crippen LogP contribution in [0.3, 0.4) is 0 Å². The van der Waals surface area contributed by atoms with Crippen LogP contribution in [0.5, 0.6) is 0 Å². The number of rotatable bonds is 4. The number of nitrogens with zero attached hydrogens (tertiary/aromatic N) is 2. The first-order chi connectivity index (χ1) is 5.61. The summed E-state index contributed by atoms with van der Waals surface area (Å²) in [5, 5.41) is 3.66. The third-order valence-corrected chi connectivity index (χ3v) is 1.48. The van der Waals surface area contributed by atoms with E-state index >= 15 is 0 Å². The van der Waals surface area contributed by atoms with Gasteiger partial charge in [0.1, 0.15) is 13.0 Å². The Morgan fingerprint density at radius 2 is 2.25 bits per heavy atom. The van der Waals surface area contributed by atoms with Gasteiger partial charge in [-0.25, -0.2) is 0 Å². The van der Waals surface area contributed by atoms with E-state index in [1.165, 1.54) is 12.0 Å². The molecule has 0 spiro atoms. The fourth-order valence-electron chi connectivity index (χ4n) is 0.718. The Hall–Kier alpha value is -0.770. The fraction of sp³-hybridized carbons (Fsp3) is 0.714. The van der Waals surface area contributed by atoms with Gasteiger partial charge in [0.15, 0.2) is 0 Å². The Bertz CT molecular complexity index is 182. The van der Waals surface area contributed by atoms with Crippen LogP contribution < -0.4 is 0 Å². The molecule has 0 radical (unpaired) electrons. The highest BCUT2D eigenvalue weighted by Gasteiger charge is 2.07. The summed E-state index contributed by atoms with van der Waals surface area (Å²) in [6, 6.07) is 0. The molecule has 0 bridgehead atoms. The Morgan fingerprint density at radius 1 is 1.67 bits per heavy atom. The summed E-state index contributed by atoms with van der Waals surface area (Å²) in [6.07, 6.45) is 0. The standard InChI is InChI=1S/C7H13ClN2O2/c1-6(9-12-3)5-10(2)7(11)4-8/h4-5H2,1-3H3/b9-6+. The minimum Gasteiger partial charge on any atom is -0.399 e. The summed E-state index contributed by atoms with van der Waals surface area (Å²) in [7, 11) is 3.13. The Kier molecular flexibility index (Phi) is 5.45. The number of alkyl halides is 1. The average Bonchev–Trinajstić information content (AvgIpc) is 2.03. The van der Waals surface area contributed by atoms with Crippen molar-refractivity contribution in [1.29, 1.82) is 0 Å². The summed E-state index contributed by atoms with van der Waals surface area (Å²) in [5.41, 5.74) is 0.735. The van der Waals surface area contributed by atoms with Crippen LogP contribution in [0.1, 0.15) is 6.92 Å². The summed E-state index contributed by atoms with van der Waals surface area (Å²) < 4.78 is 0. The topological polar surface area (TPSA) is 41.9 Å². The van der Waals surface area contributed by atoms with Crippen molar-refractivity contribution in [3.8, 4) is 0 Å². The van der Waals surface area contributed by atoms with Crippen molar-refractivity contribution in [2.24, 2.45) is 5.16 Å². The molecule has 0 aliphatic heterocycles. The predicted octanol–water partition coefficient (Wildman–Crippen LogP) is 0.706. The van der Waals surface area contributed by atoms with Gasteiger partial charge in [-0.2, -0.15) is 0 Å². The van der Waals surface area contributed by atoms with Crippen LogP contribution in [0.4, 0.5) is 0 Å². The van der Waals surface area contributed by atoms with Gasteiger partial charge < -0.3 is 9.74 Å². The highest BCUT2D eigenvalue weighted by molar-refractivity contribution is 6.27. The van der Waals surface area contributed by atoms with Crippen LogP contribution in [0.2, 0.25) is 0 Å². The zero-order valence-electron chi connectivity index (χ0n) is 7.50. The number of amides is 1. The maximum atomic E-state index is 10.9. The maximum absolute atomic E-state index is 10.9. The molecule has 0 unspecified atom stereocenters. The normalized spacial score (nSPS) is 11.2. The number of hydrogen-bond acceptors (Lipinski definition) is 3. The number of oxime groups is 1. The third-order valence-electron chi connectivity index (χ3n) is 1.25. The van der Waals surface area contributed by atoms with Gasteiger partial charge in [0.2, 0.25) is 5.91 Å². The van der Waals surface area contributed by atoms with Gasteiger partial charge in [-0.05, 0) is 6.92 Å². The van der Waals surface area contributed by atoms with Crippen molar-refractivity contribution >= 4 is 23.2 Å². The Morgan fingerprint density at radius 3 is 2.67 bits per heavy atom. The van der Waals surface area contributed by atoms with E-state index in [9.17, 15) is 4.79 Å². The number of halogens is 1. The summed E-state index contributed by atoms with van der Waals surface area (Å²) in [5.74, 6) is -0.126. The molecule has 0 heterocycles. The second kappa shape index (κ2) is 5.83. The molecule has 0 N–H and O–H groups in total. The lowest BCUT2D eigenvalue weighted by atomic mass is 10.4. The van der Waals surface area contributed by atoms with E-state index in [-0.39, 0.29) is 11.8 Å². The zero-order chi connectivity index (χ0) is 9.56. The van der Waals surface area contributed by atoms with Crippen molar-refractivity contribution in [3.05, 3.63) is 0 Å². The first-order valence-electron chi connectivity index (χ1n) is 3.48. The van der Waals surface area contributed by atoms with Crippen molar-refractivity contribution in [1.82, 2.24) is 4.90 Å². The molecule has 1 amide bonds. The zero-order valence-corrected chi connectivity index (χ0v) is 8.26. The molecule has 0 saturated heterocycles. The largest absolute Gasteiger partial charge is 0.399 e. The molecule has 4 nitrogen and oxygen atoms in total. The smallest absolute Gasteiger partial charge is 0.237 e. The molecule has 0 aliphatic carbocycles. The van der Waals surface area contributed by atoms with Crippen LogP contribution in [0.15, 0.2) is 5.16 Å². The predicted molar refractivity (Wildman–Crippen MR) is 48.5 cm³/mol. The van der Waals surface area contributed by atoms with E-state index < -0.39 is 0 Å². The van der Waals surface area contributed by atoms with Crippen LogP contribution in [-0.2, 0) is 9.63 Å². The van der Waals surface area contributed by atoms with Gasteiger partial charge >= 0.3 is 0 Å². The minimum atomic E-state index is -0.123. The van der Waals surface area contributed by atoms with E-state index in [1.54, 1.807) is 14.0 Å². The van der Waals surface area contributed by atoms with Gasteiger partial charge in [0.25, 0.3) is 0 Å². The molecular formula is C7H13ClN2O2. The maximum Gasteiger partial charge on any atom is 0.237 e. The van der Waals surface area contributed by atoms with E-state index in [4.69, 9.17) is 11.6 Å². The highest BCUT2D eigenvalue weighted by Crippen LogP contribution is 1.90. The first kappa shape index (κ1) is 11.2. The van der Waals surface area contributed by atoms with Crippen LogP contribution >= 0.6 is 11.6 Å². The third kappa shape index (κ3) is 4.18. The van der Waals surface area contributed by atoms with Crippen molar-refractivity contribution in [2.45, 2.75) is 6.92 Å². The molecule has 70 valence electrons. The van der Waals surface area contributed by atoms with E-state index in [0.29, 0.717) is 6.54 Å². The molecular weight excluding hydrogens is 180 g/mol. The van der Waals surface area contributed by atoms with Gasteiger partial charge in [0, 0.05) is 7.05 Å². The highest BCUT2D eigenvalue weighted by atomic mass is 35.5. The Labute approximate surface area is 77.1 Å². The quantitative estimate of drug-likeness (QED) is 0.374. The number of carbonyl (C=O) groups is 1. The van der Waals surface area contributed by atoms with Gasteiger partial charge in [-0.15, -0.1) is 11.6 Å². The molecule has 0 aromatic heterocycles. The molecule has 0 atom stereocenters. The summed E-state index contributed by atoms with van der Waals surface area (Å²) in [4.78, 5) is 17.0. The SMILES string of the molecule is CO/N=C(\C)CN(C)C(=O)CCl. The molecule has 0 aromatic carbocycles. The first-order valence-corrected chi connectivity index (χ1v) is 4.01. The van der Waals surface area contributed by atoms with Gasteiger partial charge in [0.05, 0.1) is 12.3 Å². The minimum absolute atomic E-state index is 0.00321. The molecule has 0 fully saturated rings. The van der Waals surface area contributed by atoms with E-state index in [0.717, 1.165) is 5.71 Å². The van der Waals surface area contributed by atoms with Crippen LogP contribution in [0.25, 0.3) is 0 Å². The van der Waals surface area contributed by atoms with E-state index in [1.807, 2.05) is 0 Å². The van der Waals surface area contributed by atoms with Gasteiger partial charge in [-0.1, -0.05) is 5.16 Å². The molecule has 0 saturated carbocycles. The van der Waals surface area contributed by atoms with Crippen LogP contribution in [-0.4, -0.2) is 43.1 Å². The fourth-order valence-corrected chi connectivity index (χ4v) is 0.922. The number of carbonyl (C=O) groups excluding carboxylic acids is 1. The summed E-state index contributed by atoms with van der Waals surface area (Å²) in [6.45, 7) is 2.22. The molecule has 0 aliphatic rings. The lowest BCUT2D eigenvalue weighted by Gasteiger charge is -2.14. The van der Waals surface area contributed by atoms with Gasteiger partial charge in [-0.3, -0.25) is 4.79 Å². The molecule has 0 aromatic rings. The average molecular weight is 193 g/mol. The number of hydrogen-bond donors (Lipinski definition) is 0. The van der Waals surface area contributed by atoms with Crippen molar-refractivity contribution in [2.75, 3.05) is 26.6 Å². The summed E-state index contributed by atoms with van der Waals surface area (Å²) >= 11 is 5.35. The van der Waals surface area contributed by atoms with Crippen LogP contribution in [0, 0.1) is 0 Å². The van der Waals surface area contributed by atoms with Crippen molar-refractivity contribution in [3.63, 3.8) is 0 Å². The molecule has 12 heavy (non-hydrogen) atoms. The monoisotopic (exact) mass is 192 g/mol. The lowest BCUT2D eigenvalue weighted by Crippen LogP contribution is -2.32.